The van der Waals surface area contributed by atoms with E-state index in [0.29, 0.717) is 36.9 Å². The van der Waals surface area contributed by atoms with Gasteiger partial charge in [-0.2, -0.15) is 18.2 Å². The maximum absolute atomic E-state index is 13.2. The molecule has 1 fully saturated rings. The van der Waals surface area contributed by atoms with Crippen LogP contribution < -0.4 is 20.1 Å². The predicted octanol–water partition coefficient (Wildman–Crippen LogP) is 3.74. The third kappa shape index (κ3) is 4.17. The van der Waals surface area contributed by atoms with Crippen molar-refractivity contribution in [3.8, 4) is 11.5 Å². The van der Waals surface area contributed by atoms with Crippen LogP contribution >= 0.6 is 0 Å². The van der Waals surface area contributed by atoms with Crippen LogP contribution in [-0.4, -0.2) is 47.6 Å². The summed E-state index contributed by atoms with van der Waals surface area (Å²) in [5.41, 5.74) is 0.370. The second-order valence-corrected chi connectivity index (χ2v) is 7.17. The first-order chi connectivity index (χ1) is 14.9. The highest BCUT2D eigenvalue weighted by molar-refractivity contribution is 5.71. The Morgan fingerprint density at radius 2 is 2.03 bits per heavy atom. The second-order valence-electron chi connectivity index (χ2n) is 7.17. The van der Waals surface area contributed by atoms with Crippen LogP contribution in [0.1, 0.15) is 36.9 Å². The van der Waals surface area contributed by atoms with E-state index in [2.05, 4.69) is 20.6 Å². The van der Waals surface area contributed by atoms with Crippen molar-refractivity contribution in [3.05, 3.63) is 29.5 Å². The molecule has 2 N–H and O–H groups in total. The molecule has 1 amide bonds. The molecule has 1 aromatic heterocycles. The van der Waals surface area contributed by atoms with Gasteiger partial charge in [-0.05, 0) is 25.8 Å². The fourth-order valence-electron chi connectivity index (χ4n) is 3.84. The first-order valence-electron chi connectivity index (χ1n) is 10.0. The summed E-state index contributed by atoms with van der Waals surface area (Å²) in [6.45, 7) is 3.31. The molecular formula is C20H22F3N5O3. The Bertz CT molecular complexity index is 970. The molecule has 1 unspecified atom stereocenters. The van der Waals surface area contributed by atoms with Gasteiger partial charge in [0, 0.05) is 24.8 Å². The Labute approximate surface area is 176 Å². The topological polar surface area (TPSA) is 88.6 Å². The normalized spacial score (nSPS) is 18.1. The van der Waals surface area contributed by atoms with E-state index in [1.807, 2.05) is 6.07 Å². The zero-order valence-electron chi connectivity index (χ0n) is 16.8. The van der Waals surface area contributed by atoms with Gasteiger partial charge in [-0.25, -0.2) is 4.98 Å². The minimum atomic E-state index is -4.57. The number of carbonyl (C=O) groups excluding carboxylic acids is 1. The summed E-state index contributed by atoms with van der Waals surface area (Å²) in [5, 5.41) is 5.56. The monoisotopic (exact) mass is 437 g/mol. The molecule has 8 nitrogen and oxygen atoms in total. The van der Waals surface area contributed by atoms with E-state index in [0.717, 1.165) is 31.0 Å². The summed E-state index contributed by atoms with van der Waals surface area (Å²) in [7, 11) is 0. The lowest BCUT2D eigenvalue weighted by atomic mass is 10.0. The number of halogens is 3. The number of alkyl halides is 3. The van der Waals surface area contributed by atoms with Crippen molar-refractivity contribution in [1.82, 2.24) is 14.9 Å². The third-order valence-corrected chi connectivity index (χ3v) is 5.19. The maximum Gasteiger partial charge on any atom is 0.421 e. The van der Waals surface area contributed by atoms with Crippen LogP contribution in [0, 0.1) is 0 Å². The number of benzene rings is 1. The van der Waals surface area contributed by atoms with E-state index >= 15 is 0 Å². The third-order valence-electron chi connectivity index (χ3n) is 5.19. The fraction of sp³-hybridized carbons (Fsp3) is 0.450. The Balaban J connectivity index is 1.68. The quantitative estimate of drug-likeness (QED) is 0.666. The van der Waals surface area contributed by atoms with Crippen molar-refractivity contribution in [2.75, 3.05) is 36.9 Å². The summed E-state index contributed by atoms with van der Waals surface area (Å²) >= 11 is 0. The van der Waals surface area contributed by atoms with Crippen molar-refractivity contribution in [2.45, 2.75) is 32.0 Å². The van der Waals surface area contributed by atoms with Crippen LogP contribution in [0.5, 0.6) is 11.5 Å². The molecule has 166 valence electrons. The molecule has 1 saturated heterocycles. The Morgan fingerprint density at radius 1 is 1.26 bits per heavy atom. The molecule has 0 saturated carbocycles. The molecule has 4 rings (SSSR count). The van der Waals surface area contributed by atoms with E-state index in [1.165, 1.54) is 0 Å². The molecule has 31 heavy (non-hydrogen) atoms. The molecule has 0 spiro atoms. The van der Waals surface area contributed by atoms with Gasteiger partial charge < -0.3 is 25.0 Å². The number of rotatable bonds is 6. The van der Waals surface area contributed by atoms with Gasteiger partial charge in [-0.3, -0.25) is 4.79 Å². The zero-order chi connectivity index (χ0) is 22.0. The highest BCUT2D eigenvalue weighted by atomic mass is 19.4. The van der Waals surface area contributed by atoms with Crippen molar-refractivity contribution in [2.24, 2.45) is 0 Å². The predicted molar refractivity (Wildman–Crippen MR) is 107 cm³/mol. The van der Waals surface area contributed by atoms with Crippen LogP contribution in [0.15, 0.2) is 18.3 Å². The Kier molecular flexibility index (Phi) is 5.75. The van der Waals surface area contributed by atoms with Crippen LogP contribution in [-0.2, 0) is 11.0 Å². The molecule has 1 atom stereocenters. The summed E-state index contributed by atoms with van der Waals surface area (Å²) < 4.78 is 51.3. The number of aromatic nitrogens is 2. The van der Waals surface area contributed by atoms with E-state index in [4.69, 9.17) is 9.47 Å². The Morgan fingerprint density at radius 3 is 2.74 bits per heavy atom. The van der Waals surface area contributed by atoms with Crippen molar-refractivity contribution in [1.29, 1.82) is 0 Å². The molecule has 0 bridgehead atoms. The molecule has 2 aliphatic rings. The SMILES string of the molecule is CCNc1nc(Nc2ccc(C3CCCN3C=O)c3c2OCCO3)ncc1C(F)(F)F. The molecule has 2 aliphatic heterocycles. The number of hydrogen-bond donors (Lipinski definition) is 2. The van der Waals surface area contributed by atoms with Gasteiger partial charge in [0.2, 0.25) is 12.4 Å². The van der Waals surface area contributed by atoms with Gasteiger partial charge in [0.05, 0.1) is 11.7 Å². The highest BCUT2D eigenvalue weighted by Crippen LogP contribution is 2.47. The molecule has 0 aliphatic carbocycles. The minimum absolute atomic E-state index is 0.0107. The number of ether oxygens (including phenoxy) is 2. The largest absolute Gasteiger partial charge is 0.486 e. The van der Waals surface area contributed by atoms with E-state index in [1.54, 1.807) is 17.9 Å². The smallest absolute Gasteiger partial charge is 0.421 e. The number of carbonyl (C=O) groups is 1. The molecule has 1 aromatic carbocycles. The summed E-state index contributed by atoms with van der Waals surface area (Å²) in [4.78, 5) is 20.9. The summed E-state index contributed by atoms with van der Waals surface area (Å²) in [6, 6.07) is 3.46. The lowest BCUT2D eigenvalue weighted by Crippen LogP contribution is -2.24. The molecule has 0 radical (unpaired) electrons. The van der Waals surface area contributed by atoms with Gasteiger partial charge in [-0.15, -0.1) is 0 Å². The van der Waals surface area contributed by atoms with Crippen LogP contribution in [0.25, 0.3) is 0 Å². The Hall–Kier alpha value is -3.24. The van der Waals surface area contributed by atoms with Crippen molar-refractivity contribution < 1.29 is 27.4 Å². The number of fused-ring (bicyclic) bond motifs is 1. The van der Waals surface area contributed by atoms with Gasteiger partial charge >= 0.3 is 6.18 Å². The lowest BCUT2D eigenvalue weighted by Gasteiger charge is -2.28. The number of likely N-dealkylation sites (tertiary alicyclic amines) is 1. The number of amides is 1. The standard InChI is InChI=1S/C20H22F3N5O3/c1-2-24-18-13(20(21,22)23)10-25-19(27-18)26-14-6-5-12(15-4-3-7-28(15)11-29)16-17(14)31-9-8-30-16/h5-6,10-11,15H,2-4,7-9H2,1H3,(H2,24,25,26,27). The summed E-state index contributed by atoms with van der Waals surface area (Å²) in [6.07, 6.45) is -1.29. The molecule has 3 heterocycles. The average Bonchev–Trinajstić information content (AvgIpc) is 3.22. The number of anilines is 3. The van der Waals surface area contributed by atoms with Gasteiger partial charge in [0.15, 0.2) is 11.5 Å². The molecule has 11 heteroatoms. The fourth-order valence-corrected chi connectivity index (χ4v) is 3.84. The van der Waals surface area contributed by atoms with E-state index < -0.39 is 11.7 Å². The van der Waals surface area contributed by atoms with Crippen LogP contribution in [0.2, 0.25) is 0 Å². The average molecular weight is 437 g/mol. The number of hydrogen-bond acceptors (Lipinski definition) is 7. The first-order valence-corrected chi connectivity index (χ1v) is 10.0. The number of nitrogens with zero attached hydrogens (tertiary/aromatic N) is 3. The summed E-state index contributed by atoms with van der Waals surface area (Å²) in [5.74, 6) is 0.634. The van der Waals surface area contributed by atoms with E-state index in [9.17, 15) is 18.0 Å². The minimum Gasteiger partial charge on any atom is -0.486 e. The van der Waals surface area contributed by atoms with Gasteiger partial charge in [0.1, 0.15) is 24.6 Å². The number of nitrogens with one attached hydrogen (secondary N) is 2. The highest BCUT2D eigenvalue weighted by Gasteiger charge is 2.35. The zero-order valence-corrected chi connectivity index (χ0v) is 16.8. The maximum atomic E-state index is 13.2. The second kappa shape index (κ2) is 8.48. The van der Waals surface area contributed by atoms with Crippen LogP contribution in [0.4, 0.5) is 30.6 Å². The first kappa shape index (κ1) is 21.0. The van der Waals surface area contributed by atoms with Gasteiger partial charge in [0.25, 0.3) is 0 Å². The van der Waals surface area contributed by atoms with Crippen molar-refractivity contribution in [3.63, 3.8) is 0 Å². The van der Waals surface area contributed by atoms with Gasteiger partial charge in [-0.1, -0.05) is 6.07 Å². The van der Waals surface area contributed by atoms with E-state index in [-0.39, 0.29) is 24.4 Å². The van der Waals surface area contributed by atoms with Crippen molar-refractivity contribution >= 4 is 23.9 Å². The molecular weight excluding hydrogens is 415 g/mol. The molecule has 2 aromatic rings. The van der Waals surface area contributed by atoms with Crippen LogP contribution in [0.3, 0.4) is 0 Å². The lowest BCUT2D eigenvalue weighted by molar-refractivity contribution is -0.137.